The van der Waals surface area contributed by atoms with Gasteiger partial charge in [0.05, 0.1) is 6.61 Å². The second-order valence-corrected chi connectivity index (χ2v) is 4.78. The van der Waals surface area contributed by atoms with E-state index in [9.17, 15) is 9.59 Å². The fourth-order valence-electron chi connectivity index (χ4n) is 1.71. The summed E-state index contributed by atoms with van der Waals surface area (Å²) in [4.78, 5) is 25.2. The highest BCUT2D eigenvalue weighted by Gasteiger charge is 2.15. The van der Waals surface area contributed by atoms with Crippen molar-refractivity contribution in [3.05, 3.63) is 29.3 Å². The Morgan fingerprint density at radius 2 is 2.00 bits per heavy atom. The molecule has 0 aliphatic heterocycles. The van der Waals surface area contributed by atoms with Crippen LogP contribution in [0.5, 0.6) is 0 Å². The van der Waals surface area contributed by atoms with Crippen molar-refractivity contribution in [2.75, 3.05) is 33.1 Å². The van der Waals surface area contributed by atoms with Crippen molar-refractivity contribution in [1.82, 2.24) is 4.90 Å². The molecule has 118 valence electrons. The van der Waals surface area contributed by atoms with Crippen LogP contribution in [-0.4, -0.2) is 50.6 Å². The third kappa shape index (κ3) is 5.34. The molecular formula is C14H22ClN3O3. The summed E-state index contributed by atoms with van der Waals surface area (Å²) in [6.45, 7) is 1.98. The molecule has 2 amide bonds. The van der Waals surface area contributed by atoms with Crippen LogP contribution in [0, 0.1) is 6.92 Å². The Kier molecular flexibility index (Phi) is 7.94. The maximum Gasteiger partial charge on any atom is 0.253 e. The zero-order valence-corrected chi connectivity index (χ0v) is 13.5. The molecule has 1 atom stereocenters. The summed E-state index contributed by atoms with van der Waals surface area (Å²) in [5.74, 6) is -0.394. The number of halogens is 1. The van der Waals surface area contributed by atoms with Crippen molar-refractivity contribution in [3.8, 4) is 0 Å². The minimum atomic E-state index is -0.719. The van der Waals surface area contributed by atoms with Gasteiger partial charge in [-0.25, -0.2) is 0 Å². The van der Waals surface area contributed by atoms with E-state index in [0.717, 1.165) is 5.56 Å². The second kappa shape index (κ2) is 8.61. The minimum absolute atomic E-state index is 0. The van der Waals surface area contributed by atoms with Gasteiger partial charge in [-0.1, -0.05) is 0 Å². The first-order valence-corrected chi connectivity index (χ1v) is 6.24. The van der Waals surface area contributed by atoms with E-state index in [0.29, 0.717) is 11.3 Å². The maximum atomic E-state index is 11.9. The molecular weight excluding hydrogens is 294 g/mol. The number of carbonyl (C=O) groups is 2. The zero-order chi connectivity index (χ0) is 15.3. The molecule has 6 nitrogen and oxygen atoms in total. The third-order valence-corrected chi connectivity index (χ3v) is 2.81. The molecule has 21 heavy (non-hydrogen) atoms. The van der Waals surface area contributed by atoms with E-state index in [-0.39, 0.29) is 30.8 Å². The molecule has 1 rings (SSSR count). The second-order valence-electron chi connectivity index (χ2n) is 4.78. The monoisotopic (exact) mass is 315 g/mol. The van der Waals surface area contributed by atoms with Crippen molar-refractivity contribution in [1.29, 1.82) is 0 Å². The van der Waals surface area contributed by atoms with Gasteiger partial charge in [0, 0.05) is 32.5 Å². The molecule has 0 aliphatic carbocycles. The van der Waals surface area contributed by atoms with Crippen LogP contribution in [0.3, 0.4) is 0 Å². The lowest BCUT2D eigenvalue weighted by Gasteiger charge is -2.15. The smallest absolute Gasteiger partial charge is 0.253 e. The van der Waals surface area contributed by atoms with Crippen molar-refractivity contribution < 1.29 is 14.3 Å². The van der Waals surface area contributed by atoms with Gasteiger partial charge >= 0.3 is 0 Å². The van der Waals surface area contributed by atoms with E-state index < -0.39 is 6.04 Å². The lowest BCUT2D eigenvalue weighted by atomic mass is 10.1. The van der Waals surface area contributed by atoms with Crippen LogP contribution >= 0.6 is 12.4 Å². The number of hydrogen-bond acceptors (Lipinski definition) is 4. The average molecular weight is 316 g/mol. The zero-order valence-electron chi connectivity index (χ0n) is 12.7. The Hall–Kier alpha value is -1.63. The Morgan fingerprint density at radius 1 is 1.38 bits per heavy atom. The van der Waals surface area contributed by atoms with Crippen LogP contribution in [0.4, 0.5) is 5.69 Å². The van der Waals surface area contributed by atoms with Crippen molar-refractivity contribution >= 4 is 29.9 Å². The first kappa shape index (κ1) is 19.4. The van der Waals surface area contributed by atoms with Crippen LogP contribution in [0.2, 0.25) is 0 Å². The standard InChI is InChI=1S/C14H21N3O3.ClH/c1-9-7-10(16-13(18)12(15)8-20-4)5-6-11(9)14(19)17(2)3;/h5-7,12H,8,15H2,1-4H3,(H,16,18);1H. The van der Waals surface area contributed by atoms with E-state index in [4.69, 9.17) is 10.5 Å². The van der Waals surface area contributed by atoms with Crippen LogP contribution in [0.25, 0.3) is 0 Å². The summed E-state index contributed by atoms with van der Waals surface area (Å²) < 4.78 is 4.83. The van der Waals surface area contributed by atoms with Crippen LogP contribution < -0.4 is 11.1 Å². The number of methoxy groups -OCH3 is 1. The number of anilines is 1. The molecule has 0 bridgehead atoms. The summed E-state index contributed by atoms with van der Waals surface area (Å²) in [6, 6.07) is 4.40. The van der Waals surface area contributed by atoms with Crippen molar-refractivity contribution in [2.24, 2.45) is 5.73 Å². The summed E-state index contributed by atoms with van der Waals surface area (Å²) in [6.07, 6.45) is 0. The van der Waals surface area contributed by atoms with E-state index in [1.54, 1.807) is 32.3 Å². The fourth-order valence-corrected chi connectivity index (χ4v) is 1.71. The number of nitrogens with one attached hydrogen (secondary N) is 1. The predicted octanol–water partition coefficient (Wildman–Crippen LogP) is 1.03. The van der Waals surface area contributed by atoms with Crippen LogP contribution in [0.1, 0.15) is 15.9 Å². The lowest BCUT2D eigenvalue weighted by Crippen LogP contribution is -2.39. The molecule has 1 aromatic rings. The van der Waals surface area contributed by atoms with Crippen molar-refractivity contribution in [2.45, 2.75) is 13.0 Å². The molecule has 0 saturated heterocycles. The van der Waals surface area contributed by atoms with E-state index in [2.05, 4.69) is 5.32 Å². The highest BCUT2D eigenvalue weighted by atomic mass is 35.5. The number of hydrogen-bond donors (Lipinski definition) is 2. The number of nitrogens with zero attached hydrogens (tertiary/aromatic N) is 1. The molecule has 1 aromatic carbocycles. The maximum absolute atomic E-state index is 11.9. The van der Waals surface area contributed by atoms with E-state index in [1.807, 2.05) is 6.92 Å². The number of carbonyl (C=O) groups excluding carboxylic acids is 2. The van der Waals surface area contributed by atoms with Crippen molar-refractivity contribution in [3.63, 3.8) is 0 Å². The quantitative estimate of drug-likeness (QED) is 0.850. The number of ether oxygens (including phenoxy) is 1. The topological polar surface area (TPSA) is 84.7 Å². The Balaban J connectivity index is 0.00000400. The minimum Gasteiger partial charge on any atom is -0.383 e. The van der Waals surface area contributed by atoms with Crippen LogP contribution in [0.15, 0.2) is 18.2 Å². The average Bonchev–Trinajstić information content (AvgIpc) is 2.38. The lowest BCUT2D eigenvalue weighted by molar-refractivity contribution is -0.118. The third-order valence-electron chi connectivity index (χ3n) is 2.81. The Bertz CT molecular complexity index is 506. The number of aryl methyl sites for hydroxylation is 1. The van der Waals surface area contributed by atoms with Gasteiger partial charge in [0.1, 0.15) is 6.04 Å². The van der Waals surface area contributed by atoms with Gasteiger partial charge in [0.2, 0.25) is 5.91 Å². The van der Waals surface area contributed by atoms with Gasteiger partial charge in [0.25, 0.3) is 5.91 Å². The molecule has 0 aromatic heterocycles. The highest BCUT2D eigenvalue weighted by Crippen LogP contribution is 2.16. The molecule has 0 heterocycles. The number of amides is 2. The summed E-state index contributed by atoms with van der Waals surface area (Å²) in [5, 5.41) is 2.69. The van der Waals surface area contributed by atoms with Gasteiger partial charge in [-0.15, -0.1) is 12.4 Å². The Morgan fingerprint density at radius 3 is 2.48 bits per heavy atom. The summed E-state index contributed by atoms with van der Waals surface area (Å²) in [7, 11) is 4.88. The highest BCUT2D eigenvalue weighted by molar-refractivity contribution is 5.98. The van der Waals surface area contributed by atoms with Gasteiger partial charge in [0.15, 0.2) is 0 Å². The first-order valence-electron chi connectivity index (χ1n) is 6.24. The molecule has 0 fully saturated rings. The van der Waals surface area contributed by atoms with Gasteiger partial charge < -0.3 is 20.7 Å². The largest absolute Gasteiger partial charge is 0.383 e. The molecule has 0 radical (unpaired) electrons. The predicted molar refractivity (Wildman–Crippen MR) is 84.9 cm³/mol. The molecule has 0 saturated carbocycles. The molecule has 3 N–H and O–H groups in total. The number of rotatable bonds is 5. The Labute approximate surface area is 131 Å². The van der Waals surface area contributed by atoms with Gasteiger partial charge in [-0.05, 0) is 30.7 Å². The SMILES string of the molecule is COCC(N)C(=O)Nc1ccc(C(=O)N(C)C)c(C)c1.Cl. The summed E-state index contributed by atoms with van der Waals surface area (Å²) in [5.41, 5.74) is 7.64. The van der Waals surface area contributed by atoms with Crippen LogP contribution in [-0.2, 0) is 9.53 Å². The van der Waals surface area contributed by atoms with E-state index >= 15 is 0 Å². The van der Waals surface area contributed by atoms with Gasteiger partial charge in [-0.3, -0.25) is 9.59 Å². The molecule has 1 unspecified atom stereocenters. The van der Waals surface area contributed by atoms with E-state index in [1.165, 1.54) is 12.0 Å². The van der Waals surface area contributed by atoms with Gasteiger partial charge in [-0.2, -0.15) is 0 Å². The molecule has 0 aliphatic rings. The first-order chi connectivity index (χ1) is 9.36. The fraction of sp³-hybridized carbons (Fsp3) is 0.429. The normalized spacial score (nSPS) is 11.3. The molecule has 7 heteroatoms. The number of nitrogens with two attached hydrogens (primary N) is 1. The summed E-state index contributed by atoms with van der Waals surface area (Å²) >= 11 is 0. The number of benzene rings is 1. The molecule has 0 spiro atoms.